The van der Waals surface area contributed by atoms with Crippen LogP contribution in [0.5, 0.6) is 5.75 Å². The highest BCUT2D eigenvalue weighted by molar-refractivity contribution is 5.72. The number of carboxylic acid groups (broad SMARTS) is 1. The summed E-state index contributed by atoms with van der Waals surface area (Å²) in [6, 6.07) is 14.2. The fraction of sp³-hybridized carbons (Fsp3) is 0.385. The molecule has 0 aliphatic heterocycles. The van der Waals surface area contributed by atoms with E-state index in [1.54, 1.807) is 0 Å². The molecule has 2 aromatic carbocycles. The molecule has 0 radical (unpaired) electrons. The quantitative estimate of drug-likeness (QED) is 0.505. The third-order valence-corrected chi connectivity index (χ3v) is 6.28. The molecule has 0 amide bonds. The van der Waals surface area contributed by atoms with Crippen LogP contribution in [0, 0.1) is 19.8 Å². The summed E-state index contributed by atoms with van der Waals surface area (Å²) >= 11 is 0. The fourth-order valence-corrected chi connectivity index (χ4v) is 4.51. The van der Waals surface area contributed by atoms with E-state index in [2.05, 4.69) is 30.1 Å². The number of hydrogen-bond donors (Lipinski definition) is 1. The number of carbonyl (C=O) groups is 1. The van der Waals surface area contributed by atoms with E-state index in [9.17, 15) is 9.90 Å². The molecule has 31 heavy (non-hydrogen) atoms. The van der Waals surface area contributed by atoms with Gasteiger partial charge in [-0.2, -0.15) is 0 Å². The molecule has 0 bridgehead atoms. The number of aryl methyl sites for hydroxylation is 3. The van der Waals surface area contributed by atoms with Gasteiger partial charge >= 0.3 is 5.97 Å². The standard InChI is InChI=1S/C26H29NO4/c1-4-21(26(28)29)23-11-9-19-15-20(10-12-22(19)23)30-14-13-24-17(3)31-25(27-24)18-7-5-16(2)6-8-18/h5-8,10,12,15,21,23H,4,9,11,13-14H2,1-3H3,(H,28,29)/t21-,23+/m0/s1. The Labute approximate surface area is 183 Å². The molecular formula is C26H29NO4. The highest BCUT2D eigenvalue weighted by Crippen LogP contribution is 2.41. The molecule has 3 aromatic rings. The second kappa shape index (κ2) is 8.96. The second-order valence-corrected chi connectivity index (χ2v) is 8.35. The largest absolute Gasteiger partial charge is 0.493 e. The number of nitrogens with zero attached hydrogens (tertiary/aromatic N) is 1. The molecule has 1 aromatic heterocycles. The number of ether oxygens (including phenoxy) is 1. The molecule has 5 heteroatoms. The van der Waals surface area contributed by atoms with Gasteiger partial charge in [0.1, 0.15) is 11.5 Å². The van der Waals surface area contributed by atoms with Crippen molar-refractivity contribution in [1.82, 2.24) is 4.98 Å². The lowest BCUT2D eigenvalue weighted by Crippen LogP contribution is -2.19. The molecule has 162 valence electrons. The maximum atomic E-state index is 11.6. The average molecular weight is 420 g/mol. The van der Waals surface area contributed by atoms with Crippen LogP contribution in [0.1, 0.15) is 53.8 Å². The van der Waals surface area contributed by atoms with Crippen molar-refractivity contribution in [2.75, 3.05) is 6.61 Å². The van der Waals surface area contributed by atoms with Crippen LogP contribution in [0.3, 0.4) is 0 Å². The van der Waals surface area contributed by atoms with Gasteiger partial charge in [0.2, 0.25) is 5.89 Å². The van der Waals surface area contributed by atoms with Crippen LogP contribution in [-0.4, -0.2) is 22.7 Å². The van der Waals surface area contributed by atoms with Crippen molar-refractivity contribution in [3.8, 4) is 17.2 Å². The molecule has 2 atom stereocenters. The van der Waals surface area contributed by atoms with E-state index in [0.717, 1.165) is 41.2 Å². The third-order valence-electron chi connectivity index (χ3n) is 6.28. The lowest BCUT2D eigenvalue weighted by molar-refractivity contribution is -0.142. The first-order valence-corrected chi connectivity index (χ1v) is 11.0. The van der Waals surface area contributed by atoms with Crippen molar-refractivity contribution < 1.29 is 19.1 Å². The molecule has 1 heterocycles. The molecule has 1 N–H and O–H groups in total. The van der Waals surface area contributed by atoms with Crippen LogP contribution in [0.15, 0.2) is 46.9 Å². The number of hydrogen-bond acceptors (Lipinski definition) is 4. The van der Waals surface area contributed by atoms with E-state index in [-0.39, 0.29) is 11.8 Å². The molecular weight excluding hydrogens is 390 g/mol. The van der Waals surface area contributed by atoms with Crippen molar-refractivity contribution in [3.05, 3.63) is 70.6 Å². The zero-order chi connectivity index (χ0) is 22.0. The highest BCUT2D eigenvalue weighted by atomic mass is 16.5. The summed E-state index contributed by atoms with van der Waals surface area (Å²) in [7, 11) is 0. The van der Waals surface area contributed by atoms with Crippen LogP contribution >= 0.6 is 0 Å². The molecule has 0 saturated heterocycles. The van der Waals surface area contributed by atoms with Gasteiger partial charge in [-0.05, 0) is 74.4 Å². The van der Waals surface area contributed by atoms with Crippen molar-refractivity contribution in [2.24, 2.45) is 5.92 Å². The van der Waals surface area contributed by atoms with Gasteiger partial charge in [-0.3, -0.25) is 4.79 Å². The van der Waals surface area contributed by atoms with Crippen molar-refractivity contribution >= 4 is 5.97 Å². The van der Waals surface area contributed by atoms with E-state index in [1.807, 2.05) is 38.1 Å². The Bertz CT molecular complexity index is 1070. The topological polar surface area (TPSA) is 72.6 Å². The Hall–Kier alpha value is -3.08. The van der Waals surface area contributed by atoms with Gasteiger partial charge in [0, 0.05) is 12.0 Å². The van der Waals surface area contributed by atoms with Crippen LogP contribution in [0.25, 0.3) is 11.5 Å². The fourth-order valence-electron chi connectivity index (χ4n) is 4.51. The summed E-state index contributed by atoms with van der Waals surface area (Å²) in [6.45, 7) is 6.45. The molecule has 1 aliphatic rings. The maximum absolute atomic E-state index is 11.6. The number of oxazole rings is 1. The van der Waals surface area contributed by atoms with E-state index in [4.69, 9.17) is 9.15 Å². The second-order valence-electron chi connectivity index (χ2n) is 8.35. The normalized spacial score (nSPS) is 16.2. The molecule has 1 aliphatic carbocycles. The summed E-state index contributed by atoms with van der Waals surface area (Å²) in [5.74, 6) is 1.36. The summed E-state index contributed by atoms with van der Waals surface area (Å²) < 4.78 is 11.8. The van der Waals surface area contributed by atoms with E-state index in [1.165, 1.54) is 11.1 Å². The third kappa shape index (κ3) is 4.50. The van der Waals surface area contributed by atoms with Gasteiger partial charge < -0.3 is 14.3 Å². The van der Waals surface area contributed by atoms with Gasteiger partial charge in [-0.15, -0.1) is 0 Å². The summed E-state index contributed by atoms with van der Waals surface area (Å²) in [5, 5.41) is 9.51. The zero-order valence-corrected chi connectivity index (χ0v) is 18.4. The van der Waals surface area contributed by atoms with Gasteiger partial charge in [-0.1, -0.05) is 30.7 Å². The smallest absolute Gasteiger partial charge is 0.307 e. The molecule has 5 nitrogen and oxygen atoms in total. The molecule has 0 spiro atoms. The number of aliphatic carboxylic acids is 1. The summed E-state index contributed by atoms with van der Waals surface area (Å²) in [5.41, 5.74) is 5.46. The molecule has 0 unspecified atom stereocenters. The lowest BCUT2D eigenvalue weighted by Gasteiger charge is -2.19. The SMILES string of the molecule is CC[C@H](C(=O)O)[C@H]1CCc2cc(OCCc3nc(-c4ccc(C)cc4)oc3C)ccc21. The molecule has 0 saturated carbocycles. The predicted octanol–water partition coefficient (Wildman–Crippen LogP) is 5.72. The van der Waals surface area contributed by atoms with Crippen LogP contribution in [-0.2, 0) is 17.6 Å². The first kappa shape index (κ1) is 21.2. The van der Waals surface area contributed by atoms with Gasteiger partial charge in [0.15, 0.2) is 0 Å². The van der Waals surface area contributed by atoms with Gasteiger partial charge in [-0.25, -0.2) is 4.98 Å². The van der Waals surface area contributed by atoms with Crippen molar-refractivity contribution in [2.45, 2.75) is 52.4 Å². The Morgan fingerprint density at radius 3 is 2.71 bits per heavy atom. The van der Waals surface area contributed by atoms with Crippen LogP contribution in [0.2, 0.25) is 0 Å². The number of rotatable bonds is 8. The summed E-state index contributed by atoms with van der Waals surface area (Å²) in [6.07, 6.45) is 3.12. The summed E-state index contributed by atoms with van der Waals surface area (Å²) in [4.78, 5) is 16.2. The lowest BCUT2D eigenvalue weighted by atomic mass is 9.85. The van der Waals surface area contributed by atoms with Gasteiger partial charge in [0.05, 0.1) is 18.2 Å². The molecule has 4 rings (SSSR count). The zero-order valence-electron chi connectivity index (χ0n) is 18.4. The van der Waals surface area contributed by atoms with E-state index < -0.39 is 5.97 Å². The van der Waals surface area contributed by atoms with E-state index >= 15 is 0 Å². The van der Waals surface area contributed by atoms with Crippen LogP contribution in [0.4, 0.5) is 0 Å². The van der Waals surface area contributed by atoms with E-state index in [0.29, 0.717) is 25.3 Å². The highest BCUT2D eigenvalue weighted by Gasteiger charge is 2.33. The Balaban J connectivity index is 1.39. The number of benzene rings is 2. The number of carboxylic acids is 1. The molecule has 0 fully saturated rings. The Kier molecular flexibility index (Phi) is 6.12. The minimum Gasteiger partial charge on any atom is -0.493 e. The minimum absolute atomic E-state index is 0.101. The van der Waals surface area contributed by atoms with Crippen molar-refractivity contribution in [1.29, 1.82) is 0 Å². The average Bonchev–Trinajstić information content (AvgIpc) is 3.32. The Morgan fingerprint density at radius 1 is 1.23 bits per heavy atom. The Morgan fingerprint density at radius 2 is 2.00 bits per heavy atom. The van der Waals surface area contributed by atoms with Gasteiger partial charge in [0.25, 0.3) is 0 Å². The maximum Gasteiger partial charge on any atom is 0.307 e. The minimum atomic E-state index is -0.700. The van der Waals surface area contributed by atoms with Crippen LogP contribution < -0.4 is 4.74 Å². The first-order valence-electron chi connectivity index (χ1n) is 11.0. The number of fused-ring (bicyclic) bond motifs is 1. The van der Waals surface area contributed by atoms with Crippen molar-refractivity contribution in [3.63, 3.8) is 0 Å². The monoisotopic (exact) mass is 419 g/mol. The predicted molar refractivity (Wildman–Crippen MR) is 120 cm³/mol. The first-order chi connectivity index (χ1) is 15.0. The number of aromatic nitrogens is 1.